The van der Waals surface area contributed by atoms with Gasteiger partial charge in [-0.25, -0.2) is 19.9 Å². The van der Waals surface area contributed by atoms with Crippen LogP contribution in [0.1, 0.15) is 16.3 Å². The summed E-state index contributed by atoms with van der Waals surface area (Å²) in [6, 6.07) is 9.70. The van der Waals surface area contributed by atoms with Gasteiger partial charge in [-0.2, -0.15) is 13.2 Å². The summed E-state index contributed by atoms with van der Waals surface area (Å²) in [6.45, 7) is 0. The van der Waals surface area contributed by atoms with Crippen molar-refractivity contribution < 1.29 is 13.2 Å². The number of hydrogen-bond donors (Lipinski definition) is 1. The molecule has 5 nitrogen and oxygen atoms in total. The fourth-order valence-electron chi connectivity index (χ4n) is 2.56. The van der Waals surface area contributed by atoms with Crippen LogP contribution in [-0.2, 0) is 12.6 Å². The second kappa shape index (κ2) is 7.33. The van der Waals surface area contributed by atoms with Crippen LogP contribution in [0.3, 0.4) is 0 Å². The van der Waals surface area contributed by atoms with Crippen molar-refractivity contribution in [3.05, 3.63) is 70.2 Å². The third kappa shape index (κ3) is 4.05. The lowest BCUT2D eigenvalue weighted by Crippen LogP contribution is -2.07. The number of anilines is 2. The molecule has 0 fully saturated rings. The number of rotatable bonds is 4. The summed E-state index contributed by atoms with van der Waals surface area (Å²) in [6.07, 6.45) is -1.41. The average Bonchev–Trinajstić information content (AvgIpc) is 3.05. The van der Waals surface area contributed by atoms with E-state index in [1.165, 1.54) is 23.7 Å². The molecule has 28 heavy (non-hydrogen) atoms. The highest BCUT2D eigenvalue weighted by atomic mass is 35.5. The predicted molar refractivity (Wildman–Crippen MR) is 102 cm³/mol. The van der Waals surface area contributed by atoms with Gasteiger partial charge in [0.1, 0.15) is 22.4 Å². The molecule has 4 aromatic rings. The maximum atomic E-state index is 12.6. The van der Waals surface area contributed by atoms with E-state index in [0.717, 1.165) is 22.8 Å². The standard InChI is InChI=1S/C18H11ClF3N5S/c19-11-3-1-2-10(6-11)7-14-27-15-16(24-9-25-17(15)28-14)26-12-4-5-13(23-8-12)18(20,21)22/h1-6,8-9H,7H2,(H,24,25,26). The predicted octanol–water partition coefficient (Wildman–Crippen LogP) is 5.49. The van der Waals surface area contributed by atoms with Crippen LogP contribution in [0.4, 0.5) is 24.7 Å². The number of thiazole rings is 1. The van der Waals surface area contributed by atoms with Crippen LogP contribution in [-0.4, -0.2) is 19.9 Å². The zero-order valence-corrected chi connectivity index (χ0v) is 15.6. The van der Waals surface area contributed by atoms with E-state index in [1.54, 1.807) is 6.07 Å². The largest absolute Gasteiger partial charge is 0.433 e. The van der Waals surface area contributed by atoms with Gasteiger partial charge in [0.2, 0.25) is 0 Å². The molecule has 1 aromatic carbocycles. The quantitative estimate of drug-likeness (QED) is 0.472. The van der Waals surface area contributed by atoms with E-state index >= 15 is 0 Å². The minimum atomic E-state index is -4.48. The summed E-state index contributed by atoms with van der Waals surface area (Å²) in [5, 5.41) is 4.43. The van der Waals surface area contributed by atoms with Crippen molar-refractivity contribution in [2.24, 2.45) is 0 Å². The Hall–Kier alpha value is -2.78. The second-order valence-corrected chi connectivity index (χ2v) is 7.34. The molecule has 4 rings (SSSR count). The number of alkyl halides is 3. The topological polar surface area (TPSA) is 63.6 Å². The Bertz CT molecular complexity index is 1130. The Kier molecular flexibility index (Phi) is 4.86. The Morgan fingerprint density at radius 1 is 1.07 bits per heavy atom. The van der Waals surface area contributed by atoms with Crippen LogP contribution in [0.5, 0.6) is 0 Å². The smallest absolute Gasteiger partial charge is 0.337 e. The number of benzene rings is 1. The van der Waals surface area contributed by atoms with Gasteiger partial charge in [-0.15, -0.1) is 0 Å². The molecule has 3 heterocycles. The fourth-order valence-corrected chi connectivity index (χ4v) is 3.71. The van der Waals surface area contributed by atoms with Gasteiger partial charge in [-0.1, -0.05) is 35.1 Å². The molecule has 0 radical (unpaired) electrons. The Morgan fingerprint density at radius 2 is 1.93 bits per heavy atom. The van der Waals surface area contributed by atoms with Gasteiger partial charge < -0.3 is 5.32 Å². The van der Waals surface area contributed by atoms with Crippen molar-refractivity contribution in [3.8, 4) is 0 Å². The molecular formula is C18H11ClF3N5S. The zero-order valence-electron chi connectivity index (χ0n) is 14.0. The molecule has 0 aliphatic rings. The highest BCUT2D eigenvalue weighted by Crippen LogP contribution is 2.30. The molecule has 10 heteroatoms. The monoisotopic (exact) mass is 421 g/mol. The summed E-state index contributed by atoms with van der Waals surface area (Å²) >= 11 is 7.44. The van der Waals surface area contributed by atoms with Crippen molar-refractivity contribution in [2.75, 3.05) is 5.32 Å². The highest BCUT2D eigenvalue weighted by Gasteiger charge is 2.32. The fraction of sp³-hybridized carbons (Fsp3) is 0.111. The van der Waals surface area contributed by atoms with Crippen LogP contribution < -0.4 is 5.32 Å². The lowest BCUT2D eigenvalue weighted by atomic mass is 10.2. The molecule has 3 aromatic heterocycles. The maximum Gasteiger partial charge on any atom is 0.433 e. The SMILES string of the molecule is FC(F)(F)c1ccc(Nc2ncnc3sc(Cc4cccc(Cl)c4)nc23)cn1. The van der Waals surface area contributed by atoms with Crippen LogP contribution >= 0.6 is 22.9 Å². The van der Waals surface area contributed by atoms with Crippen LogP contribution in [0.25, 0.3) is 10.3 Å². The lowest BCUT2D eigenvalue weighted by Gasteiger charge is -2.08. The molecule has 0 spiro atoms. The minimum absolute atomic E-state index is 0.373. The van der Waals surface area contributed by atoms with Crippen molar-refractivity contribution in [3.63, 3.8) is 0 Å². The Labute approximate surface area is 166 Å². The van der Waals surface area contributed by atoms with Crippen LogP contribution in [0, 0.1) is 0 Å². The molecule has 0 aliphatic heterocycles. The molecule has 0 unspecified atom stereocenters. The first-order valence-corrected chi connectivity index (χ1v) is 9.23. The van der Waals surface area contributed by atoms with Crippen molar-refractivity contribution >= 4 is 44.8 Å². The van der Waals surface area contributed by atoms with Gasteiger partial charge in [0.15, 0.2) is 5.82 Å². The highest BCUT2D eigenvalue weighted by molar-refractivity contribution is 7.18. The minimum Gasteiger partial charge on any atom is -0.337 e. The first-order valence-electron chi connectivity index (χ1n) is 8.03. The van der Waals surface area contributed by atoms with Gasteiger partial charge in [-0.3, -0.25) is 0 Å². The molecular weight excluding hydrogens is 411 g/mol. The summed E-state index contributed by atoms with van der Waals surface area (Å²) in [7, 11) is 0. The van der Waals surface area contributed by atoms with Crippen molar-refractivity contribution in [1.82, 2.24) is 19.9 Å². The number of aromatic nitrogens is 4. The number of nitrogens with zero attached hydrogens (tertiary/aromatic N) is 4. The van der Waals surface area contributed by atoms with E-state index in [2.05, 4.69) is 25.3 Å². The number of fused-ring (bicyclic) bond motifs is 1. The molecule has 1 N–H and O–H groups in total. The number of pyridine rings is 1. The van der Waals surface area contributed by atoms with Gasteiger partial charge in [-0.05, 0) is 29.8 Å². The Morgan fingerprint density at radius 3 is 2.64 bits per heavy atom. The molecule has 0 aliphatic carbocycles. The molecule has 0 bridgehead atoms. The molecule has 0 atom stereocenters. The summed E-state index contributed by atoms with van der Waals surface area (Å²) in [4.78, 5) is 17.1. The van der Waals surface area contributed by atoms with E-state index < -0.39 is 11.9 Å². The second-order valence-electron chi connectivity index (χ2n) is 5.85. The van der Waals surface area contributed by atoms with E-state index in [0.29, 0.717) is 33.3 Å². The van der Waals surface area contributed by atoms with Gasteiger partial charge >= 0.3 is 6.18 Å². The normalized spacial score (nSPS) is 11.7. The number of halogens is 4. The summed E-state index contributed by atoms with van der Waals surface area (Å²) in [5.41, 5.74) is 0.978. The van der Waals surface area contributed by atoms with Gasteiger partial charge in [0, 0.05) is 11.4 Å². The molecule has 0 saturated heterocycles. The maximum absolute atomic E-state index is 12.6. The Balaban J connectivity index is 1.60. The number of nitrogens with one attached hydrogen (secondary N) is 1. The van der Waals surface area contributed by atoms with Gasteiger partial charge in [0.25, 0.3) is 0 Å². The molecule has 0 saturated carbocycles. The van der Waals surface area contributed by atoms with E-state index in [4.69, 9.17) is 11.6 Å². The third-order valence-electron chi connectivity index (χ3n) is 3.80. The van der Waals surface area contributed by atoms with E-state index in [9.17, 15) is 13.2 Å². The first kappa shape index (κ1) is 18.6. The van der Waals surface area contributed by atoms with Crippen LogP contribution in [0.2, 0.25) is 5.02 Å². The number of hydrogen-bond acceptors (Lipinski definition) is 6. The van der Waals surface area contributed by atoms with Crippen molar-refractivity contribution in [2.45, 2.75) is 12.6 Å². The first-order chi connectivity index (χ1) is 13.4. The van der Waals surface area contributed by atoms with Crippen molar-refractivity contribution in [1.29, 1.82) is 0 Å². The summed E-state index contributed by atoms with van der Waals surface area (Å²) in [5.74, 6) is 0.403. The zero-order chi connectivity index (χ0) is 19.7. The average molecular weight is 422 g/mol. The van der Waals surface area contributed by atoms with E-state index in [-0.39, 0.29) is 0 Å². The van der Waals surface area contributed by atoms with Gasteiger partial charge in [0.05, 0.1) is 16.9 Å². The summed E-state index contributed by atoms with van der Waals surface area (Å²) < 4.78 is 37.9. The van der Waals surface area contributed by atoms with Crippen LogP contribution in [0.15, 0.2) is 48.9 Å². The third-order valence-corrected chi connectivity index (χ3v) is 5.00. The van der Waals surface area contributed by atoms with E-state index in [1.807, 2.05) is 18.2 Å². The molecule has 142 valence electrons. The molecule has 0 amide bonds. The lowest BCUT2D eigenvalue weighted by molar-refractivity contribution is -0.141.